The van der Waals surface area contributed by atoms with Crippen LogP contribution in [0.25, 0.3) is 11.1 Å². The van der Waals surface area contributed by atoms with Crippen LogP contribution in [0.2, 0.25) is 0 Å². The molecule has 2 nitrogen and oxygen atoms in total. The Morgan fingerprint density at radius 1 is 1.00 bits per heavy atom. The average Bonchev–Trinajstić information content (AvgIpc) is 2.69. The zero-order chi connectivity index (χ0) is 14.2. The lowest BCUT2D eigenvalue weighted by atomic mass is 9.82. The quantitative estimate of drug-likeness (QED) is 0.810. The fourth-order valence-corrected chi connectivity index (χ4v) is 2.97. The fraction of sp³-hybridized carbons (Fsp3) is 0.167. The molecule has 0 amide bonds. The highest BCUT2D eigenvalue weighted by Gasteiger charge is 2.34. The van der Waals surface area contributed by atoms with Crippen LogP contribution in [0.5, 0.6) is 0 Å². The number of aliphatic imine (C=N–C) groups is 1. The van der Waals surface area contributed by atoms with Crippen LogP contribution >= 0.6 is 0 Å². The zero-order valence-electron chi connectivity index (χ0n) is 11.8. The second-order valence-electron chi connectivity index (χ2n) is 5.56. The normalized spacial score (nSPS) is 15.7. The molecular formula is C18H18N2. The molecule has 2 aromatic rings. The predicted octanol–water partition coefficient (Wildman–Crippen LogP) is 4.17. The van der Waals surface area contributed by atoms with E-state index >= 15 is 0 Å². The first kappa shape index (κ1) is 12.7. The van der Waals surface area contributed by atoms with E-state index in [9.17, 15) is 0 Å². The molecule has 0 fully saturated rings. The summed E-state index contributed by atoms with van der Waals surface area (Å²) in [6.07, 6.45) is 4.92. The Morgan fingerprint density at radius 2 is 1.75 bits per heavy atom. The first-order valence-electron chi connectivity index (χ1n) is 6.80. The highest BCUT2D eigenvalue weighted by Crippen LogP contribution is 2.49. The molecule has 0 saturated heterocycles. The number of rotatable bonds is 2. The summed E-state index contributed by atoms with van der Waals surface area (Å²) in [7, 11) is 0. The van der Waals surface area contributed by atoms with E-state index in [2.05, 4.69) is 61.3 Å². The Morgan fingerprint density at radius 3 is 2.55 bits per heavy atom. The van der Waals surface area contributed by atoms with E-state index in [1.807, 2.05) is 0 Å². The van der Waals surface area contributed by atoms with E-state index in [0.29, 0.717) is 0 Å². The predicted molar refractivity (Wildman–Crippen MR) is 85.5 cm³/mol. The van der Waals surface area contributed by atoms with Gasteiger partial charge in [-0.1, -0.05) is 44.2 Å². The number of allylic oxidation sites excluding steroid dienone is 1. The third-order valence-electron chi connectivity index (χ3n) is 3.99. The number of hydrogen-bond donors (Lipinski definition) is 1. The molecule has 0 saturated carbocycles. The minimum atomic E-state index is 0.0608. The van der Waals surface area contributed by atoms with Crippen LogP contribution < -0.4 is 5.73 Å². The molecule has 0 unspecified atom stereocenters. The van der Waals surface area contributed by atoms with E-state index in [4.69, 9.17) is 5.73 Å². The summed E-state index contributed by atoms with van der Waals surface area (Å²) in [4.78, 5) is 4.40. The standard InChI is InChI=1S/C18H18N2/c1-18(2)16-7-4-3-6-14(16)15-12-13(8-9-17(15)18)20-11-5-10-19/h3-12H,19H2,1-2H3. The Balaban J connectivity index is 2.14. The van der Waals surface area contributed by atoms with Crippen molar-refractivity contribution in [1.29, 1.82) is 0 Å². The van der Waals surface area contributed by atoms with Crippen molar-refractivity contribution < 1.29 is 0 Å². The van der Waals surface area contributed by atoms with E-state index in [-0.39, 0.29) is 5.41 Å². The zero-order valence-corrected chi connectivity index (χ0v) is 11.8. The van der Waals surface area contributed by atoms with Crippen molar-refractivity contribution in [1.82, 2.24) is 0 Å². The largest absolute Gasteiger partial charge is 0.405 e. The molecule has 0 atom stereocenters. The van der Waals surface area contributed by atoms with Crippen molar-refractivity contribution in [2.75, 3.05) is 0 Å². The van der Waals surface area contributed by atoms with Gasteiger partial charge in [0.1, 0.15) is 0 Å². The molecule has 0 spiro atoms. The molecular weight excluding hydrogens is 244 g/mol. The van der Waals surface area contributed by atoms with Gasteiger partial charge in [0.05, 0.1) is 5.69 Å². The molecule has 0 bridgehead atoms. The monoisotopic (exact) mass is 262 g/mol. The minimum absolute atomic E-state index is 0.0608. The summed E-state index contributed by atoms with van der Waals surface area (Å²) in [5.74, 6) is 0. The summed E-state index contributed by atoms with van der Waals surface area (Å²) >= 11 is 0. The number of nitrogens with two attached hydrogens (primary N) is 1. The highest BCUT2D eigenvalue weighted by molar-refractivity contribution is 5.83. The van der Waals surface area contributed by atoms with Crippen molar-refractivity contribution in [3.05, 3.63) is 65.9 Å². The van der Waals surface area contributed by atoms with Crippen molar-refractivity contribution in [2.24, 2.45) is 10.7 Å². The topological polar surface area (TPSA) is 38.4 Å². The molecule has 100 valence electrons. The molecule has 0 heterocycles. The van der Waals surface area contributed by atoms with Crippen LogP contribution in [0, 0.1) is 0 Å². The molecule has 20 heavy (non-hydrogen) atoms. The van der Waals surface area contributed by atoms with Crippen LogP contribution in [0.3, 0.4) is 0 Å². The molecule has 0 aliphatic heterocycles. The first-order chi connectivity index (χ1) is 9.64. The summed E-state index contributed by atoms with van der Waals surface area (Å²) in [5, 5.41) is 0. The Bertz CT molecular complexity index is 709. The summed E-state index contributed by atoms with van der Waals surface area (Å²) in [5.41, 5.74) is 11.7. The number of benzene rings is 2. The van der Waals surface area contributed by atoms with Gasteiger partial charge in [-0.15, -0.1) is 0 Å². The number of hydrogen-bond acceptors (Lipinski definition) is 2. The lowest BCUT2D eigenvalue weighted by Gasteiger charge is -2.21. The third-order valence-corrected chi connectivity index (χ3v) is 3.99. The van der Waals surface area contributed by atoms with Crippen molar-refractivity contribution in [3.63, 3.8) is 0 Å². The minimum Gasteiger partial charge on any atom is -0.405 e. The maximum absolute atomic E-state index is 5.31. The van der Waals surface area contributed by atoms with Gasteiger partial charge in [0.15, 0.2) is 0 Å². The lowest BCUT2D eigenvalue weighted by Crippen LogP contribution is -2.14. The van der Waals surface area contributed by atoms with Gasteiger partial charge < -0.3 is 5.73 Å². The lowest BCUT2D eigenvalue weighted by molar-refractivity contribution is 0.660. The van der Waals surface area contributed by atoms with Gasteiger partial charge >= 0.3 is 0 Å². The SMILES string of the molecule is CC1(C)c2ccccc2-c2cc(N=CC=CN)ccc21. The van der Waals surface area contributed by atoms with E-state index in [0.717, 1.165) is 5.69 Å². The number of fused-ring (bicyclic) bond motifs is 3. The Kier molecular flexibility index (Phi) is 2.94. The maximum Gasteiger partial charge on any atom is 0.0636 e. The maximum atomic E-state index is 5.31. The molecule has 1 aliphatic rings. The third kappa shape index (κ3) is 1.85. The van der Waals surface area contributed by atoms with E-state index in [1.54, 1.807) is 12.3 Å². The Hall–Kier alpha value is -2.35. The average molecular weight is 262 g/mol. The molecule has 0 radical (unpaired) electrons. The molecule has 3 rings (SSSR count). The van der Waals surface area contributed by atoms with Crippen LogP contribution in [-0.2, 0) is 5.41 Å². The van der Waals surface area contributed by atoms with Gasteiger partial charge in [0.25, 0.3) is 0 Å². The summed E-state index contributed by atoms with van der Waals surface area (Å²) in [6.45, 7) is 4.55. The highest BCUT2D eigenvalue weighted by atomic mass is 14.7. The van der Waals surface area contributed by atoms with Crippen LogP contribution in [0.15, 0.2) is 59.7 Å². The molecule has 2 aromatic carbocycles. The van der Waals surface area contributed by atoms with Gasteiger partial charge in [-0.05, 0) is 46.7 Å². The smallest absolute Gasteiger partial charge is 0.0636 e. The number of nitrogens with zero attached hydrogens (tertiary/aromatic N) is 1. The van der Waals surface area contributed by atoms with Gasteiger partial charge in [-0.2, -0.15) is 0 Å². The van der Waals surface area contributed by atoms with Gasteiger partial charge in [-0.3, -0.25) is 4.99 Å². The van der Waals surface area contributed by atoms with Crippen LogP contribution in [0.1, 0.15) is 25.0 Å². The Labute approximate surface area is 119 Å². The fourth-order valence-electron chi connectivity index (χ4n) is 2.97. The molecule has 2 N–H and O–H groups in total. The van der Waals surface area contributed by atoms with Crippen LogP contribution in [0.4, 0.5) is 5.69 Å². The molecule has 2 heteroatoms. The van der Waals surface area contributed by atoms with Gasteiger partial charge in [0, 0.05) is 11.6 Å². The van der Waals surface area contributed by atoms with Crippen molar-refractivity contribution in [3.8, 4) is 11.1 Å². The van der Waals surface area contributed by atoms with Crippen molar-refractivity contribution >= 4 is 11.9 Å². The summed E-state index contributed by atoms with van der Waals surface area (Å²) < 4.78 is 0. The second kappa shape index (κ2) is 4.64. The first-order valence-corrected chi connectivity index (χ1v) is 6.80. The van der Waals surface area contributed by atoms with Crippen LogP contribution in [-0.4, -0.2) is 6.21 Å². The molecule has 0 aromatic heterocycles. The van der Waals surface area contributed by atoms with E-state index in [1.165, 1.54) is 28.5 Å². The molecule has 1 aliphatic carbocycles. The van der Waals surface area contributed by atoms with E-state index < -0.39 is 0 Å². The second-order valence-corrected chi connectivity index (χ2v) is 5.56. The van der Waals surface area contributed by atoms with Crippen molar-refractivity contribution in [2.45, 2.75) is 19.3 Å². The van der Waals surface area contributed by atoms with Gasteiger partial charge in [-0.25, -0.2) is 0 Å². The van der Waals surface area contributed by atoms with Gasteiger partial charge in [0.2, 0.25) is 0 Å². The summed E-state index contributed by atoms with van der Waals surface area (Å²) in [6, 6.07) is 15.0.